The van der Waals surface area contributed by atoms with Gasteiger partial charge < -0.3 is 5.32 Å². The van der Waals surface area contributed by atoms with Gasteiger partial charge in [-0.3, -0.25) is 9.78 Å². The van der Waals surface area contributed by atoms with Gasteiger partial charge in [-0.25, -0.2) is 0 Å². The van der Waals surface area contributed by atoms with E-state index < -0.39 is 16.1 Å². The van der Waals surface area contributed by atoms with Crippen LogP contribution in [0.4, 0.5) is 0 Å². The topological polar surface area (TPSA) is 91.4 Å². The average molecular weight is 272 g/mol. The second-order valence-corrected chi connectivity index (χ2v) is 5.71. The molecule has 0 aliphatic rings. The van der Waals surface area contributed by atoms with Crippen molar-refractivity contribution in [3.63, 3.8) is 0 Å². The van der Waals surface area contributed by atoms with E-state index >= 15 is 0 Å². The summed E-state index contributed by atoms with van der Waals surface area (Å²) in [5.74, 6) is -0.391. The van der Waals surface area contributed by atoms with Crippen LogP contribution in [0, 0.1) is 0 Å². The van der Waals surface area contributed by atoms with Gasteiger partial charge in [0.25, 0.3) is 10.2 Å². The van der Waals surface area contributed by atoms with E-state index in [0.29, 0.717) is 6.54 Å². The first-order valence-electron chi connectivity index (χ1n) is 5.24. The highest BCUT2D eigenvalue weighted by Gasteiger charge is 2.14. The minimum absolute atomic E-state index is 0.286. The lowest BCUT2D eigenvalue weighted by atomic mass is 10.3. The number of carbonyl (C=O) groups is 1. The van der Waals surface area contributed by atoms with Crippen LogP contribution in [0.15, 0.2) is 24.5 Å². The lowest BCUT2D eigenvalue weighted by molar-refractivity contribution is -0.120. The van der Waals surface area contributed by atoms with Gasteiger partial charge in [0.15, 0.2) is 0 Å². The van der Waals surface area contributed by atoms with E-state index in [1.807, 2.05) is 0 Å². The van der Waals surface area contributed by atoms with E-state index in [4.69, 9.17) is 0 Å². The molecule has 1 rings (SSSR count). The van der Waals surface area contributed by atoms with Crippen LogP contribution in [0.1, 0.15) is 5.56 Å². The summed E-state index contributed by atoms with van der Waals surface area (Å²) < 4.78 is 25.8. The van der Waals surface area contributed by atoms with E-state index in [9.17, 15) is 13.2 Å². The Morgan fingerprint density at radius 1 is 1.33 bits per heavy atom. The van der Waals surface area contributed by atoms with Crippen molar-refractivity contribution in [2.45, 2.75) is 6.54 Å². The monoisotopic (exact) mass is 272 g/mol. The zero-order valence-electron chi connectivity index (χ0n) is 10.3. The Balaban J connectivity index is 2.35. The first-order valence-corrected chi connectivity index (χ1v) is 6.68. The highest BCUT2D eigenvalue weighted by molar-refractivity contribution is 7.87. The molecule has 1 aromatic heterocycles. The van der Waals surface area contributed by atoms with Gasteiger partial charge in [0.2, 0.25) is 5.91 Å². The molecule has 0 aliphatic carbocycles. The molecule has 7 nitrogen and oxygen atoms in total. The predicted molar refractivity (Wildman–Crippen MR) is 66.7 cm³/mol. The van der Waals surface area contributed by atoms with Crippen LogP contribution >= 0.6 is 0 Å². The fraction of sp³-hybridized carbons (Fsp3) is 0.400. The number of nitrogens with zero attached hydrogens (tertiary/aromatic N) is 2. The molecule has 0 aliphatic heterocycles. The SMILES string of the molecule is CN(C)S(=O)(=O)NCC(=O)NCc1ccncc1. The molecule has 0 saturated heterocycles. The first-order chi connectivity index (χ1) is 8.42. The number of pyridine rings is 1. The zero-order valence-corrected chi connectivity index (χ0v) is 11.1. The normalized spacial score (nSPS) is 11.5. The Labute approximate surface area is 106 Å². The van der Waals surface area contributed by atoms with Crippen LogP contribution in [-0.2, 0) is 21.5 Å². The number of hydrogen-bond donors (Lipinski definition) is 2. The minimum atomic E-state index is -3.56. The van der Waals surface area contributed by atoms with Crippen molar-refractivity contribution in [1.82, 2.24) is 19.3 Å². The first kappa shape index (κ1) is 14.6. The maximum Gasteiger partial charge on any atom is 0.279 e. The van der Waals surface area contributed by atoms with Gasteiger partial charge in [-0.15, -0.1) is 0 Å². The average Bonchev–Trinajstić information content (AvgIpc) is 2.35. The Kier molecular flexibility index (Phi) is 5.20. The number of nitrogens with one attached hydrogen (secondary N) is 2. The lowest BCUT2D eigenvalue weighted by Gasteiger charge is -2.12. The molecule has 18 heavy (non-hydrogen) atoms. The number of rotatable bonds is 6. The summed E-state index contributed by atoms with van der Waals surface area (Å²) in [6, 6.07) is 3.54. The van der Waals surface area contributed by atoms with E-state index in [1.165, 1.54) is 14.1 Å². The van der Waals surface area contributed by atoms with Gasteiger partial charge in [-0.1, -0.05) is 0 Å². The molecule has 0 bridgehead atoms. The summed E-state index contributed by atoms with van der Waals surface area (Å²) in [4.78, 5) is 15.3. The van der Waals surface area contributed by atoms with Crippen LogP contribution in [0.25, 0.3) is 0 Å². The zero-order chi connectivity index (χ0) is 13.6. The van der Waals surface area contributed by atoms with Crippen LogP contribution in [0.2, 0.25) is 0 Å². The van der Waals surface area contributed by atoms with E-state index in [-0.39, 0.29) is 6.54 Å². The van der Waals surface area contributed by atoms with E-state index in [2.05, 4.69) is 15.0 Å². The van der Waals surface area contributed by atoms with Gasteiger partial charge in [0.05, 0.1) is 6.54 Å². The van der Waals surface area contributed by atoms with Gasteiger partial charge in [0.1, 0.15) is 0 Å². The van der Waals surface area contributed by atoms with Crippen molar-refractivity contribution in [3.8, 4) is 0 Å². The molecule has 0 aromatic carbocycles. The maximum absolute atomic E-state index is 11.4. The minimum Gasteiger partial charge on any atom is -0.351 e. The molecule has 0 atom stereocenters. The Morgan fingerprint density at radius 2 is 1.94 bits per heavy atom. The molecule has 8 heteroatoms. The fourth-order valence-corrected chi connectivity index (χ4v) is 1.62. The third-order valence-corrected chi connectivity index (χ3v) is 3.61. The summed E-state index contributed by atoms with van der Waals surface area (Å²) in [6.45, 7) is 0.0522. The molecule has 1 heterocycles. The summed E-state index contributed by atoms with van der Waals surface area (Å²) in [7, 11) is -0.791. The summed E-state index contributed by atoms with van der Waals surface area (Å²) in [5.41, 5.74) is 0.897. The van der Waals surface area contributed by atoms with Crippen molar-refractivity contribution in [3.05, 3.63) is 30.1 Å². The molecule has 0 unspecified atom stereocenters. The standard InChI is InChI=1S/C10H16N4O3S/c1-14(2)18(16,17)13-8-10(15)12-7-9-3-5-11-6-4-9/h3-6,13H,7-8H2,1-2H3,(H,12,15). The number of aromatic nitrogens is 1. The summed E-state index contributed by atoms with van der Waals surface area (Å²) in [6.07, 6.45) is 3.24. The Morgan fingerprint density at radius 3 is 2.50 bits per heavy atom. The highest BCUT2D eigenvalue weighted by Crippen LogP contribution is 1.94. The van der Waals surface area contributed by atoms with Gasteiger partial charge in [0, 0.05) is 33.0 Å². The number of carbonyl (C=O) groups excluding carboxylic acids is 1. The number of hydrogen-bond acceptors (Lipinski definition) is 4. The molecular weight excluding hydrogens is 256 g/mol. The van der Waals surface area contributed by atoms with Crippen molar-refractivity contribution in [1.29, 1.82) is 0 Å². The maximum atomic E-state index is 11.4. The van der Waals surface area contributed by atoms with Crippen LogP contribution in [0.3, 0.4) is 0 Å². The second-order valence-electron chi connectivity index (χ2n) is 3.74. The van der Waals surface area contributed by atoms with Crippen LogP contribution in [0.5, 0.6) is 0 Å². The van der Waals surface area contributed by atoms with Crippen LogP contribution in [-0.4, -0.2) is 44.3 Å². The second kappa shape index (κ2) is 6.43. The molecule has 0 fully saturated rings. The third kappa shape index (κ3) is 4.78. The molecule has 1 aromatic rings. The van der Waals surface area contributed by atoms with Gasteiger partial charge >= 0.3 is 0 Å². The van der Waals surface area contributed by atoms with E-state index in [1.54, 1.807) is 24.5 Å². The smallest absolute Gasteiger partial charge is 0.279 e. The Hall–Kier alpha value is -1.51. The molecular formula is C10H16N4O3S. The van der Waals surface area contributed by atoms with Gasteiger partial charge in [-0.05, 0) is 17.7 Å². The summed E-state index contributed by atoms with van der Waals surface area (Å²) >= 11 is 0. The third-order valence-electron chi connectivity index (χ3n) is 2.13. The van der Waals surface area contributed by atoms with Crippen molar-refractivity contribution in [2.75, 3.05) is 20.6 Å². The van der Waals surface area contributed by atoms with Crippen molar-refractivity contribution < 1.29 is 13.2 Å². The van der Waals surface area contributed by atoms with Gasteiger partial charge in [-0.2, -0.15) is 17.4 Å². The fourth-order valence-electron chi connectivity index (χ4n) is 1.05. The van der Waals surface area contributed by atoms with Crippen molar-refractivity contribution >= 4 is 16.1 Å². The molecule has 0 radical (unpaired) electrons. The van der Waals surface area contributed by atoms with Crippen LogP contribution < -0.4 is 10.0 Å². The summed E-state index contributed by atoms with van der Waals surface area (Å²) in [5, 5.41) is 2.60. The highest BCUT2D eigenvalue weighted by atomic mass is 32.2. The Bertz CT molecular complexity index is 487. The predicted octanol–water partition coefficient (Wildman–Crippen LogP) is -0.906. The molecule has 0 spiro atoms. The van der Waals surface area contributed by atoms with E-state index in [0.717, 1.165) is 9.87 Å². The molecule has 0 saturated carbocycles. The quantitative estimate of drug-likeness (QED) is 0.701. The van der Waals surface area contributed by atoms with Crippen molar-refractivity contribution in [2.24, 2.45) is 0 Å². The largest absolute Gasteiger partial charge is 0.351 e. The lowest BCUT2D eigenvalue weighted by Crippen LogP contribution is -2.41. The molecule has 1 amide bonds. The molecule has 2 N–H and O–H groups in total. The molecule has 100 valence electrons. The number of amides is 1.